The van der Waals surface area contributed by atoms with Crippen LogP contribution in [0.15, 0.2) is 231 Å². The van der Waals surface area contributed by atoms with E-state index >= 15 is 0 Å². The third-order valence-electron chi connectivity index (χ3n) is 15.6. The van der Waals surface area contributed by atoms with Gasteiger partial charge in [0.1, 0.15) is 0 Å². The van der Waals surface area contributed by atoms with Crippen molar-refractivity contribution in [1.82, 2.24) is 0 Å². The molecule has 4 aliphatic rings. The van der Waals surface area contributed by atoms with Crippen molar-refractivity contribution in [3.8, 4) is 44.5 Å². The van der Waals surface area contributed by atoms with Crippen LogP contribution in [0.1, 0.15) is 62.3 Å². The molecule has 14 rings (SSSR count). The standard InChI is InChI=1S/C64H45P.C4H6.C2H6/c1-64(33-32-51(39-64)65(49-29-26-40-14-5-9-20-44(40)36-49)50-30-27-41-15-6-10-21-45(41)37-50)48-28-31-52-46(35-48)34-47-38-57-61-55(58(47)52)24-13-25-56(61)62-59(43-18-7-8-19-43)53-22-11-12-23-54(53)60(63(57)62)42-16-3-2-4-17-42;1-3-4-2;1-2/h2-18,20-31,35-38,51H,32-34,39H2,1H3;3-4H,1-2H2;1-2H3/t51?,64-;;/m0../s1. The molecule has 1 saturated carbocycles. The molecule has 0 saturated heterocycles. The van der Waals surface area contributed by atoms with Crippen LogP contribution in [-0.4, -0.2) is 5.66 Å². The second kappa shape index (κ2) is 18.3. The molecule has 0 spiro atoms. The number of allylic oxidation sites excluding steroid dienone is 5. The second-order valence-corrected chi connectivity index (χ2v) is 22.1. The van der Waals surface area contributed by atoms with Gasteiger partial charge in [0.15, 0.2) is 0 Å². The zero-order valence-electron chi connectivity index (χ0n) is 41.0. The summed E-state index contributed by atoms with van der Waals surface area (Å²) in [5.41, 5.74) is 22.1. The Labute approximate surface area is 420 Å². The lowest BCUT2D eigenvalue weighted by Crippen LogP contribution is -2.23. The highest BCUT2D eigenvalue weighted by Crippen LogP contribution is 2.60. The van der Waals surface area contributed by atoms with Crippen LogP contribution in [0.3, 0.4) is 0 Å². The minimum absolute atomic E-state index is 0.105. The molecule has 4 aliphatic carbocycles. The molecule has 0 bridgehead atoms. The quantitative estimate of drug-likeness (QED) is 0.0849. The number of hydrogen-bond donors (Lipinski definition) is 0. The molecule has 0 heterocycles. The van der Waals surface area contributed by atoms with Crippen LogP contribution in [-0.2, 0) is 11.8 Å². The molecule has 1 fully saturated rings. The lowest BCUT2D eigenvalue weighted by molar-refractivity contribution is 0.492. The molecular weight excluding hydrogens is 872 g/mol. The van der Waals surface area contributed by atoms with Gasteiger partial charge in [-0.15, -0.1) is 5.73 Å². The summed E-state index contributed by atoms with van der Waals surface area (Å²) in [6.45, 7) is 13.3. The van der Waals surface area contributed by atoms with E-state index in [0.29, 0.717) is 5.66 Å². The zero-order chi connectivity index (χ0) is 48.2. The van der Waals surface area contributed by atoms with Crippen LogP contribution < -0.4 is 10.6 Å². The van der Waals surface area contributed by atoms with Crippen molar-refractivity contribution in [2.45, 2.75) is 57.5 Å². The molecule has 10 aromatic rings. The predicted octanol–water partition coefficient (Wildman–Crippen LogP) is 18.6. The van der Waals surface area contributed by atoms with Gasteiger partial charge < -0.3 is 0 Å². The Morgan fingerprint density at radius 1 is 0.535 bits per heavy atom. The maximum atomic E-state index is 3.62. The molecule has 0 amide bonds. The van der Waals surface area contributed by atoms with Crippen molar-refractivity contribution in [2.24, 2.45) is 0 Å². The zero-order valence-corrected chi connectivity index (χ0v) is 41.9. The average molecular weight is 929 g/mol. The predicted molar refractivity (Wildman–Crippen MR) is 311 cm³/mol. The van der Waals surface area contributed by atoms with E-state index in [1.165, 1.54) is 140 Å². The molecule has 0 radical (unpaired) electrons. The monoisotopic (exact) mass is 928 g/mol. The second-order valence-electron chi connectivity index (χ2n) is 19.6. The Balaban J connectivity index is 0.000000824. The van der Waals surface area contributed by atoms with E-state index < -0.39 is 7.92 Å². The van der Waals surface area contributed by atoms with Crippen molar-refractivity contribution in [3.05, 3.63) is 254 Å². The maximum absolute atomic E-state index is 3.62. The van der Waals surface area contributed by atoms with E-state index in [9.17, 15) is 0 Å². The first-order valence-corrected chi connectivity index (χ1v) is 26.9. The molecule has 0 nitrogen and oxygen atoms in total. The van der Waals surface area contributed by atoms with Crippen LogP contribution in [0.25, 0.3) is 93.2 Å². The number of hydrogen-bond acceptors (Lipinski definition) is 0. The van der Waals surface area contributed by atoms with Gasteiger partial charge in [-0.1, -0.05) is 216 Å². The van der Waals surface area contributed by atoms with Crippen molar-refractivity contribution in [2.75, 3.05) is 0 Å². The van der Waals surface area contributed by atoms with Crippen LogP contribution in [0, 0.1) is 0 Å². The van der Waals surface area contributed by atoms with Gasteiger partial charge in [0.05, 0.1) is 0 Å². The summed E-state index contributed by atoms with van der Waals surface area (Å²) >= 11 is 0. The molecule has 342 valence electrons. The highest BCUT2D eigenvalue weighted by molar-refractivity contribution is 7.73. The summed E-state index contributed by atoms with van der Waals surface area (Å²) in [4.78, 5) is 0. The highest BCUT2D eigenvalue weighted by Gasteiger charge is 2.42. The van der Waals surface area contributed by atoms with Gasteiger partial charge in [0.25, 0.3) is 0 Å². The first-order valence-electron chi connectivity index (χ1n) is 25.5. The van der Waals surface area contributed by atoms with Crippen molar-refractivity contribution in [3.63, 3.8) is 0 Å². The van der Waals surface area contributed by atoms with E-state index in [4.69, 9.17) is 0 Å². The Hall–Kier alpha value is -7.59. The first-order chi connectivity index (χ1) is 35.0. The lowest BCUT2D eigenvalue weighted by atomic mass is 9.80. The van der Waals surface area contributed by atoms with Crippen LogP contribution >= 0.6 is 7.92 Å². The molecule has 1 heteroatoms. The molecule has 0 aliphatic heterocycles. The van der Waals surface area contributed by atoms with Gasteiger partial charge in [0.2, 0.25) is 0 Å². The molecule has 0 aromatic heterocycles. The minimum Gasteiger partial charge on any atom is -0.112 e. The van der Waals surface area contributed by atoms with Crippen LogP contribution in [0.5, 0.6) is 0 Å². The molecule has 0 N–H and O–H groups in total. The summed E-state index contributed by atoms with van der Waals surface area (Å²) in [5, 5.41) is 13.7. The van der Waals surface area contributed by atoms with Gasteiger partial charge in [0, 0.05) is 11.1 Å². The summed E-state index contributed by atoms with van der Waals surface area (Å²) in [6.07, 6.45) is 14.3. The highest BCUT2D eigenvalue weighted by atomic mass is 31.1. The van der Waals surface area contributed by atoms with Crippen LogP contribution in [0.2, 0.25) is 0 Å². The van der Waals surface area contributed by atoms with Crippen molar-refractivity contribution in [1.29, 1.82) is 0 Å². The number of fused-ring (bicyclic) bond motifs is 10. The van der Waals surface area contributed by atoms with Gasteiger partial charge in [-0.3, -0.25) is 0 Å². The summed E-state index contributed by atoms with van der Waals surface area (Å²) in [7, 11) is -0.579. The van der Waals surface area contributed by atoms with Gasteiger partial charge >= 0.3 is 0 Å². The molecule has 1 unspecified atom stereocenters. The smallest absolute Gasteiger partial charge is 0.0249 e. The van der Waals surface area contributed by atoms with E-state index in [1.54, 1.807) is 12.2 Å². The van der Waals surface area contributed by atoms with E-state index in [2.05, 4.69) is 226 Å². The van der Waals surface area contributed by atoms with Crippen molar-refractivity contribution >= 4 is 67.2 Å². The fourth-order valence-electron chi connectivity index (χ4n) is 12.5. The average Bonchev–Trinajstić information content (AvgIpc) is 4.25. The SMILES string of the molecule is C=CC=C.CC.C[C@]1(c2ccc3c(c2)Cc2cc4c5c(cccc5c2-3)-c2c-4c(-c3ccccc3)c3ccccc3c2C2=C=CC=C2)CCC(P(c2ccc3ccccc3c2)c2ccc3ccccc3c2)C1. The molecule has 2 atom stereocenters. The van der Waals surface area contributed by atoms with Crippen molar-refractivity contribution < 1.29 is 0 Å². The fourth-order valence-corrected chi connectivity index (χ4v) is 15.7. The van der Waals surface area contributed by atoms with Gasteiger partial charge in [-0.2, -0.15) is 0 Å². The van der Waals surface area contributed by atoms with E-state index in [0.717, 1.165) is 12.0 Å². The Morgan fingerprint density at radius 2 is 1.15 bits per heavy atom. The molecule has 71 heavy (non-hydrogen) atoms. The number of benzene rings is 10. The van der Waals surface area contributed by atoms with Gasteiger partial charge in [-0.25, -0.2) is 0 Å². The normalized spacial score (nSPS) is 16.6. The van der Waals surface area contributed by atoms with Gasteiger partial charge in [-0.05, 0) is 190 Å². The summed E-state index contributed by atoms with van der Waals surface area (Å²) < 4.78 is 0. The van der Waals surface area contributed by atoms with E-state index in [-0.39, 0.29) is 5.41 Å². The first kappa shape index (κ1) is 44.6. The Kier molecular flexibility index (Phi) is 11.5. The maximum Gasteiger partial charge on any atom is 0.0249 e. The minimum atomic E-state index is -0.579. The summed E-state index contributed by atoms with van der Waals surface area (Å²) in [6, 6.07) is 69.7. The largest absolute Gasteiger partial charge is 0.112 e. The van der Waals surface area contributed by atoms with E-state index in [1.807, 2.05) is 13.8 Å². The lowest BCUT2D eigenvalue weighted by Gasteiger charge is -2.30. The number of rotatable bonds is 7. The molecule has 10 aromatic carbocycles. The Bertz CT molecular complexity index is 3810. The fraction of sp³-hybridized carbons (Fsp3) is 0.129. The van der Waals surface area contributed by atoms with Crippen LogP contribution in [0.4, 0.5) is 0 Å². The topological polar surface area (TPSA) is 0 Å². The summed E-state index contributed by atoms with van der Waals surface area (Å²) in [5.74, 6) is 0. The molecular formula is C70H57P. The third kappa shape index (κ3) is 7.40. The third-order valence-corrected chi connectivity index (χ3v) is 18.5. The Morgan fingerprint density at radius 3 is 1.82 bits per heavy atom.